The second-order valence-electron chi connectivity index (χ2n) is 19.9. The minimum atomic E-state index is -0.774. The molecule has 0 aliphatic rings. The molecule has 0 saturated heterocycles. The van der Waals surface area contributed by atoms with Crippen LogP contribution in [0.4, 0.5) is 0 Å². The lowest BCUT2D eigenvalue weighted by atomic mass is 10.0. The molecule has 0 heterocycles. The molecular weight excluding hydrogens is 853 g/mol. The maximum atomic E-state index is 12.8. The third-order valence-electron chi connectivity index (χ3n) is 13.0. The molecule has 0 saturated carbocycles. The van der Waals surface area contributed by atoms with Crippen LogP contribution in [0.5, 0.6) is 0 Å². The number of allylic oxidation sites excluding steroid dienone is 10. The highest BCUT2D eigenvalue weighted by molar-refractivity contribution is 5.71. The van der Waals surface area contributed by atoms with Gasteiger partial charge in [0, 0.05) is 19.3 Å². The lowest BCUT2D eigenvalue weighted by Gasteiger charge is -2.18. The van der Waals surface area contributed by atoms with E-state index in [9.17, 15) is 14.4 Å². The predicted octanol–water partition coefficient (Wildman–Crippen LogP) is 20.0. The van der Waals surface area contributed by atoms with Crippen LogP contribution in [-0.4, -0.2) is 37.2 Å². The van der Waals surface area contributed by atoms with E-state index in [1.54, 1.807) is 0 Å². The zero-order valence-corrected chi connectivity index (χ0v) is 45.8. The van der Waals surface area contributed by atoms with Crippen molar-refractivity contribution in [1.29, 1.82) is 0 Å². The molecule has 0 N–H and O–H groups in total. The topological polar surface area (TPSA) is 78.9 Å². The van der Waals surface area contributed by atoms with Crippen LogP contribution in [0.1, 0.15) is 303 Å². The number of carbonyl (C=O) groups excluding carboxylic acids is 3. The third-order valence-corrected chi connectivity index (χ3v) is 13.0. The average Bonchev–Trinajstić information content (AvgIpc) is 3.35. The molecule has 0 aromatic carbocycles. The quantitative estimate of drug-likeness (QED) is 0.0262. The van der Waals surface area contributed by atoms with Crippen molar-refractivity contribution in [3.63, 3.8) is 0 Å². The zero-order chi connectivity index (χ0) is 50.0. The summed E-state index contributed by atoms with van der Waals surface area (Å²) in [6, 6.07) is 0. The van der Waals surface area contributed by atoms with Crippen LogP contribution in [0, 0.1) is 0 Å². The minimum absolute atomic E-state index is 0.0740. The Hall–Kier alpha value is -2.89. The van der Waals surface area contributed by atoms with Crippen LogP contribution in [0.25, 0.3) is 0 Å². The van der Waals surface area contributed by atoms with Crippen molar-refractivity contribution in [2.75, 3.05) is 13.2 Å². The molecule has 6 nitrogen and oxygen atoms in total. The Morgan fingerprint density at radius 1 is 0.304 bits per heavy atom. The molecule has 0 fully saturated rings. The number of hydrogen-bond donors (Lipinski definition) is 0. The Balaban J connectivity index is 4.16. The van der Waals surface area contributed by atoms with Gasteiger partial charge in [-0.2, -0.15) is 0 Å². The van der Waals surface area contributed by atoms with Crippen LogP contribution < -0.4 is 0 Å². The Labute approximate surface area is 428 Å². The molecule has 0 spiro atoms. The highest BCUT2D eigenvalue weighted by Crippen LogP contribution is 2.16. The van der Waals surface area contributed by atoms with Gasteiger partial charge in [0.2, 0.25) is 0 Å². The van der Waals surface area contributed by atoms with Gasteiger partial charge in [0.25, 0.3) is 0 Å². The van der Waals surface area contributed by atoms with E-state index in [-0.39, 0.29) is 31.1 Å². The van der Waals surface area contributed by atoms with Crippen molar-refractivity contribution in [3.05, 3.63) is 60.8 Å². The molecule has 400 valence electrons. The van der Waals surface area contributed by atoms with Crippen LogP contribution >= 0.6 is 0 Å². The van der Waals surface area contributed by atoms with Gasteiger partial charge in [0.15, 0.2) is 6.10 Å². The molecule has 0 aliphatic heterocycles. The smallest absolute Gasteiger partial charge is 0.306 e. The van der Waals surface area contributed by atoms with E-state index < -0.39 is 6.10 Å². The lowest BCUT2D eigenvalue weighted by Crippen LogP contribution is -2.30. The largest absolute Gasteiger partial charge is 0.462 e. The van der Waals surface area contributed by atoms with E-state index >= 15 is 0 Å². The molecule has 0 aromatic heterocycles. The summed E-state index contributed by atoms with van der Waals surface area (Å²) in [6.07, 6.45) is 72.3. The van der Waals surface area contributed by atoms with E-state index in [4.69, 9.17) is 14.2 Å². The van der Waals surface area contributed by atoms with Gasteiger partial charge in [0.1, 0.15) is 13.2 Å². The number of ether oxygens (including phenoxy) is 3. The van der Waals surface area contributed by atoms with Gasteiger partial charge in [-0.1, -0.05) is 261 Å². The van der Waals surface area contributed by atoms with Crippen LogP contribution in [0.2, 0.25) is 0 Å². The zero-order valence-electron chi connectivity index (χ0n) is 45.8. The lowest BCUT2D eigenvalue weighted by molar-refractivity contribution is -0.167. The summed E-state index contributed by atoms with van der Waals surface area (Å²) in [5.74, 6) is -0.874. The van der Waals surface area contributed by atoms with Gasteiger partial charge in [-0.3, -0.25) is 14.4 Å². The van der Waals surface area contributed by atoms with E-state index in [1.165, 1.54) is 173 Å². The number of esters is 3. The summed E-state index contributed by atoms with van der Waals surface area (Å²) in [5.41, 5.74) is 0. The van der Waals surface area contributed by atoms with Gasteiger partial charge in [0.05, 0.1) is 0 Å². The van der Waals surface area contributed by atoms with Gasteiger partial charge in [-0.05, 0) is 83.5 Å². The highest BCUT2D eigenvalue weighted by atomic mass is 16.6. The van der Waals surface area contributed by atoms with E-state index in [1.807, 2.05) is 0 Å². The van der Waals surface area contributed by atoms with Gasteiger partial charge >= 0.3 is 17.9 Å². The summed E-state index contributed by atoms with van der Waals surface area (Å²) in [7, 11) is 0. The second-order valence-corrected chi connectivity index (χ2v) is 19.9. The van der Waals surface area contributed by atoms with Crippen molar-refractivity contribution < 1.29 is 28.6 Å². The summed E-state index contributed by atoms with van der Waals surface area (Å²) < 4.78 is 16.8. The Morgan fingerprint density at radius 2 is 0.565 bits per heavy atom. The van der Waals surface area contributed by atoms with Crippen LogP contribution in [0.15, 0.2) is 60.8 Å². The molecule has 6 heteroatoms. The number of rotatable bonds is 54. The standard InChI is InChI=1S/C63H112O6/c1-4-7-10-13-16-19-21-23-25-26-27-28-29-30-31-32-33-34-35-36-38-39-41-44-47-50-53-56-62(65)68-59-60(58-67-61(64)55-52-49-46-43-18-15-12-9-6-3)69-63(66)57-54-51-48-45-42-40-37-24-22-20-17-14-11-8-5-2/h7,10,16,19,23-25,27-28,37,60H,4-6,8-9,11-15,17-18,20-22,26,29-36,38-59H2,1-3H3/b10-7-,19-16-,25-23-,28-27-,37-24-. The average molecular weight is 966 g/mol. The molecular formula is C63H112O6. The summed E-state index contributed by atoms with van der Waals surface area (Å²) in [4.78, 5) is 38.0. The maximum Gasteiger partial charge on any atom is 0.306 e. The molecule has 0 aliphatic carbocycles. The third kappa shape index (κ3) is 55.9. The molecule has 0 radical (unpaired) electrons. The predicted molar refractivity (Wildman–Crippen MR) is 298 cm³/mol. The first kappa shape index (κ1) is 66.1. The summed E-state index contributed by atoms with van der Waals surface area (Å²) in [5, 5.41) is 0. The van der Waals surface area contributed by atoms with E-state index in [0.717, 1.165) is 89.9 Å². The number of carbonyl (C=O) groups is 3. The normalized spacial score (nSPS) is 12.4. The molecule has 0 amide bonds. The molecule has 0 aromatic rings. The van der Waals surface area contributed by atoms with Crippen molar-refractivity contribution in [1.82, 2.24) is 0 Å². The van der Waals surface area contributed by atoms with Crippen LogP contribution in [0.3, 0.4) is 0 Å². The molecule has 0 rings (SSSR count). The monoisotopic (exact) mass is 965 g/mol. The number of hydrogen-bond acceptors (Lipinski definition) is 6. The SMILES string of the molecule is CC/C=C\C/C=C\C/C=C\C/C=C\CCCCCCCCCCCCCCCCC(=O)OCC(COC(=O)CCCCCCCCCCC)OC(=O)CCCCCCC/C=C\CCCCCCCC. The molecule has 0 bridgehead atoms. The van der Waals surface area contributed by atoms with Gasteiger partial charge in [-0.15, -0.1) is 0 Å². The fourth-order valence-corrected chi connectivity index (χ4v) is 8.55. The van der Waals surface area contributed by atoms with Gasteiger partial charge < -0.3 is 14.2 Å². The summed E-state index contributed by atoms with van der Waals surface area (Å²) in [6.45, 7) is 6.52. The van der Waals surface area contributed by atoms with Crippen molar-refractivity contribution in [3.8, 4) is 0 Å². The first-order valence-corrected chi connectivity index (χ1v) is 29.8. The Kier molecular flexibility index (Phi) is 55.3. The first-order valence-electron chi connectivity index (χ1n) is 29.8. The molecule has 1 atom stereocenters. The maximum absolute atomic E-state index is 12.8. The van der Waals surface area contributed by atoms with E-state index in [0.29, 0.717) is 19.3 Å². The van der Waals surface area contributed by atoms with Crippen molar-refractivity contribution >= 4 is 17.9 Å². The fourth-order valence-electron chi connectivity index (χ4n) is 8.55. The van der Waals surface area contributed by atoms with E-state index in [2.05, 4.69) is 81.5 Å². The Morgan fingerprint density at radius 3 is 0.899 bits per heavy atom. The minimum Gasteiger partial charge on any atom is -0.462 e. The summed E-state index contributed by atoms with van der Waals surface area (Å²) >= 11 is 0. The van der Waals surface area contributed by atoms with Crippen LogP contribution in [-0.2, 0) is 28.6 Å². The number of unbranched alkanes of at least 4 members (excludes halogenated alkanes) is 33. The molecule has 69 heavy (non-hydrogen) atoms. The fraction of sp³-hybridized carbons (Fsp3) is 0.794. The molecule has 1 unspecified atom stereocenters. The van der Waals surface area contributed by atoms with Crippen molar-refractivity contribution in [2.45, 2.75) is 309 Å². The Bertz CT molecular complexity index is 1250. The highest BCUT2D eigenvalue weighted by Gasteiger charge is 2.19. The van der Waals surface area contributed by atoms with Crippen molar-refractivity contribution in [2.24, 2.45) is 0 Å². The second kappa shape index (κ2) is 57.7. The van der Waals surface area contributed by atoms with Gasteiger partial charge in [-0.25, -0.2) is 0 Å². The first-order chi connectivity index (χ1) is 34.0.